The molecule has 1 saturated carbocycles. The van der Waals surface area contributed by atoms with Crippen LogP contribution in [0.1, 0.15) is 39.0 Å². The van der Waals surface area contributed by atoms with Gasteiger partial charge in [-0.3, -0.25) is 0 Å². The van der Waals surface area contributed by atoms with Gasteiger partial charge in [-0.1, -0.05) is 19.8 Å². The highest BCUT2D eigenvalue weighted by Crippen LogP contribution is 2.27. The molecule has 0 saturated heterocycles. The van der Waals surface area contributed by atoms with Gasteiger partial charge in [0.15, 0.2) is 0 Å². The Kier molecular flexibility index (Phi) is 5.21. The third kappa shape index (κ3) is 3.71. The van der Waals surface area contributed by atoms with E-state index in [1.165, 1.54) is 17.1 Å². The lowest BCUT2D eigenvalue weighted by atomic mass is 10.0. The van der Waals surface area contributed by atoms with E-state index in [4.69, 9.17) is 5.73 Å². The maximum absolute atomic E-state index is 11.9. The van der Waals surface area contributed by atoms with E-state index in [1.807, 2.05) is 6.92 Å². The number of hydrogen-bond acceptors (Lipinski definition) is 3. The molecule has 1 aliphatic rings. The van der Waals surface area contributed by atoms with Crippen LogP contribution < -0.4 is 5.73 Å². The average molecular weight is 248 g/mol. The maximum atomic E-state index is 11.9. The number of sulfonamides is 1. The Morgan fingerprint density at radius 1 is 1.38 bits per heavy atom. The SMILES string of the molecule is CCCN(C)S(=O)(=O)CC(N)C1CCCC1. The van der Waals surface area contributed by atoms with Crippen LogP contribution in [0.25, 0.3) is 0 Å². The Bertz CT molecular complexity index is 297. The van der Waals surface area contributed by atoms with E-state index in [0.717, 1.165) is 19.3 Å². The molecule has 0 aromatic rings. The average Bonchev–Trinajstić information content (AvgIpc) is 2.70. The smallest absolute Gasteiger partial charge is 0.215 e. The summed E-state index contributed by atoms with van der Waals surface area (Å²) in [5.41, 5.74) is 5.99. The molecule has 16 heavy (non-hydrogen) atoms. The van der Waals surface area contributed by atoms with E-state index < -0.39 is 10.0 Å². The summed E-state index contributed by atoms with van der Waals surface area (Å²) < 4.78 is 25.3. The topological polar surface area (TPSA) is 63.4 Å². The Balaban J connectivity index is 2.50. The van der Waals surface area contributed by atoms with Crippen LogP contribution in [-0.4, -0.2) is 38.1 Å². The molecule has 0 amide bonds. The molecule has 0 bridgehead atoms. The van der Waals surface area contributed by atoms with Gasteiger partial charge < -0.3 is 5.73 Å². The Labute approximate surface area is 99.2 Å². The van der Waals surface area contributed by atoms with Gasteiger partial charge in [-0.15, -0.1) is 0 Å². The number of hydrogen-bond donors (Lipinski definition) is 1. The van der Waals surface area contributed by atoms with Gasteiger partial charge in [0, 0.05) is 19.6 Å². The van der Waals surface area contributed by atoms with E-state index in [9.17, 15) is 8.42 Å². The predicted octanol–water partition coefficient (Wildman–Crippen LogP) is 1.18. The van der Waals surface area contributed by atoms with Gasteiger partial charge >= 0.3 is 0 Å². The van der Waals surface area contributed by atoms with Crippen molar-refractivity contribution in [1.82, 2.24) is 4.31 Å². The monoisotopic (exact) mass is 248 g/mol. The van der Waals surface area contributed by atoms with Crippen LogP contribution >= 0.6 is 0 Å². The van der Waals surface area contributed by atoms with Crippen molar-refractivity contribution in [3.05, 3.63) is 0 Å². The molecule has 4 nitrogen and oxygen atoms in total. The van der Waals surface area contributed by atoms with Gasteiger partial charge in [-0.2, -0.15) is 0 Å². The molecule has 1 fully saturated rings. The summed E-state index contributed by atoms with van der Waals surface area (Å²) in [4.78, 5) is 0. The fourth-order valence-corrected chi connectivity index (χ4v) is 3.82. The van der Waals surface area contributed by atoms with Crippen LogP contribution in [0.2, 0.25) is 0 Å². The fourth-order valence-electron chi connectivity index (χ4n) is 2.35. The fraction of sp³-hybridized carbons (Fsp3) is 1.00. The van der Waals surface area contributed by atoms with Crippen LogP contribution in [0, 0.1) is 5.92 Å². The third-order valence-electron chi connectivity index (χ3n) is 3.42. The van der Waals surface area contributed by atoms with Crippen molar-refractivity contribution in [3.8, 4) is 0 Å². The lowest BCUT2D eigenvalue weighted by molar-refractivity contribution is 0.429. The second-order valence-electron chi connectivity index (χ2n) is 4.81. The minimum Gasteiger partial charge on any atom is -0.326 e. The van der Waals surface area contributed by atoms with Gasteiger partial charge in [0.1, 0.15) is 0 Å². The molecule has 1 aliphatic carbocycles. The van der Waals surface area contributed by atoms with Crippen molar-refractivity contribution >= 4 is 10.0 Å². The summed E-state index contributed by atoms with van der Waals surface area (Å²) >= 11 is 0. The molecule has 0 aromatic heterocycles. The van der Waals surface area contributed by atoms with Crippen LogP contribution in [0.5, 0.6) is 0 Å². The molecule has 0 spiro atoms. The van der Waals surface area contributed by atoms with Gasteiger partial charge in [0.25, 0.3) is 0 Å². The zero-order valence-corrected chi connectivity index (χ0v) is 11.2. The predicted molar refractivity (Wildman–Crippen MR) is 66.6 cm³/mol. The van der Waals surface area contributed by atoms with E-state index >= 15 is 0 Å². The Hall–Kier alpha value is -0.130. The summed E-state index contributed by atoms with van der Waals surface area (Å²) in [5, 5.41) is 0. The Morgan fingerprint density at radius 2 is 1.94 bits per heavy atom. The molecule has 0 heterocycles. The first kappa shape index (κ1) is 13.9. The van der Waals surface area contributed by atoms with E-state index in [-0.39, 0.29) is 11.8 Å². The minimum absolute atomic E-state index is 0.105. The van der Waals surface area contributed by atoms with Gasteiger partial charge in [0.05, 0.1) is 5.75 Å². The third-order valence-corrected chi connectivity index (χ3v) is 5.36. The maximum Gasteiger partial charge on any atom is 0.215 e. The second kappa shape index (κ2) is 5.98. The quantitative estimate of drug-likeness (QED) is 0.767. The first-order valence-corrected chi connectivity index (χ1v) is 7.78. The van der Waals surface area contributed by atoms with E-state index in [2.05, 4.69) is 0 Å². The largest absolute Gasteiger partial charge is 0.326 e. The second-order valence-corrected chi connectivity index (χ2v) is 6.93. The van der Waals surface area contributed by atoms with Crippen LogP contribution in [0.3, 0.4) is 0 Å². The molecule has 1 rings (SSSR count). The molecular weight excluding hydrogens is 224 g/mol. The first-order valence-electron chi connectivity index (χ1n) is 6.17. The molecule has 1 atom stereocenters. The Morgan fingerprint density at radius 3 is 2.44 bits per heavy atom. The number of rotatable bonds is 6. The zero-order valence-electron chi connectivity index (χ0n) is 10.4. The van der Waals surface area contributed by atoms with E-state index in [1.54, 1.807) is 7.05 Å². The molecule has 96 valence electrons. The highest BCUT2D eigenvalue weighted by molar-refractivity contribution is 7.89. The van der Waals surface area contributed by atoms with E-state index in [0.29, 0.717) is 12.5 Å². The van der Waals surface area contributed by atoms with Crippen molar-refractivity contribution in [1.29, 1.82) is 0 Å². The summed E-state index contributed by atoms with van der Waals surface area (Å²) in [6.45, 7) is 2.56. The normalized spacial score (nSPS) is 20.5. The van der Waals surface area contributed by atoms with Gasteiger partial charge in [-0.25, -0.2) is 12.7 Å². The lowest BCUT2D eigenvalue weighted by Crippen LogP contribution is -2.41. The van der Waals surface area contributed by atoms with Crippen molar-refractivity contribution in [2.75, 3.05) is 19.3 Å². The van der Waals surface area contributed by atoms with Gasteiger partial charge in [0.2, 0.25) is 10.0 Å². The zero-order chi connectivity index (χ0) is 12.2. The number of nitrogens with zero attached hydrogens (tertiary/aromatic N) is 1. The van der Waals surface area contributed by atoms with Crippen LogP contribution in [-0.2, 0) is 10.0 Å². The minimum atomic E-state index is -3.15. The highest BCUT2D eigenvalue weighted by Gasteiger charge is 2.28. The summed E-state index contributed by atoms with van der Waals surface area (Å²) in [5.74, 6) is 0.513. The van der Waals surface area contributed by atoms with Crippen molar-refractivity contribution in [3.63, 3.8) is 0 Å². The molecule has 0 aliphatic heterocycles. The summed E-state index contributed by atoms with van der Waals surface area (Å²) in [6.07, 6.45) is 5.42. The molecule has 5 heteroatoms. The van der Waals surface area contributed by atoms with Crippen molar-refractivity contribution in [2.45, 2.75) is 45.1 Å². The van der Waals surface area contributed by atoms with Gasteiger partial charge in [-0.05, 0) is 25.2 Å². The summed E-state index contributed by atoms with van der Waals surface area (Å²) in [7, 11) is -1.51. The van der Waals surface area contributed by atoms with Crippen LogP contribution in [0.15, 0.2) is 0 Å². The highest BCUT2D eigenvalue weighted by atomic mass is 32.2. The molecular formula is C11H24N2O2S. The molecule has 0 aromatic carbocycles. The van der Waals surface area contributed by atoms with Crippen molar-refractivity contribution < 1.29 is 8.42 Å². The molecule has 1 unspecified atom stereocenters. The first-order chi connectivity index (χ1) is 7.47. The summed E-state index contributed by atoms with van der Waals surface area (Å²) in [6, 6.07) is -0.188. The van der Waals surface area contributed by atoms with Crippen LogP contribution in [0.4, 0.5) is 0 Å². The van der Waals surface area contributed by atoms with Crippen molar-refractivity contribution in [2.24, 2.45) is 11.7 Å². The lowest BCUT2D eigenvalue weighted by Gasteiger charge is -2.22. The number of nitrogens with two attached hydrogens (primary N) is 1. The molecule has 0 radical (unpaired) electrons. The standard InChI is InChI=1S/C11H24N2O2S/c1-3-8-13(2)16(14,15)9-11(12)10-6-4-5-7-10/h10-11H,3-9,12H2,1-2H3. The molecule has 2 N–H and O–H groups in total.